The molecule has 12 heterocycles. The second-order valence-electron chi connectivity index (χ2n) is 34.0. The summed E-state index contributed by atoms with van der Waals surface area (Å²) in [7, 11) is -5.55. The van der Waals surface area contributed by atoms with Crippen LogP contribution in [0, 0.1) is 0 Å². The minimum Gasteiger partial charge on any atom is -0.468 e. The molecule has 0 saturated carbocycles. The average molecular weight is 2150 g/mol. The molecule has 0 aliphatic carbocycles. The lowest BCUT2D eigenvalue weighted by Gasteiger charge is -2.25. The summed E-state index contributed by atoms with van der Waals surface area (Å²) in [5.74, 6) is -0.286. The quantitative estimate of drug-likeness (QED) is 0.00738. The van der Waals surface area contributed by atoms with E-state index in [-0.39, 0.29) is 45.6 Å². The molecule has 148 heavy (non-hydrogen) atoms. The summed E-state index contributed by atoms with van der Waals surface area (Å²) in [4.78, 5) is 97.6. The number of nitrogens with one attached hydrogen (secondary N) is 8. The molecule has 4 aliphatic heterocycles. The number of benzene rings is 4. The van der Waals surface area contributed by atoms with Crippen molar-refractivity contribution in [2.45, 2.75) is 176 Å². The Balaban J connectivity index is 0.000000165. The lowest BCUT2D eigenvalue weighted by atomic mass is 9.98. The molecule has 0 spiro atoms. The van der Waals surface area contributed by atoms with Crippen LogP contribution >= 0.6 is 31.0 Å². The van der Waals surface area contributed by atoms with E-state index in [0.29, 0.717) is 45.3 Å². The average Bonchev–Trinajstić information content (AvgIpc) is 1.61. The molecule has 8 aromatic heterocycles. The third-order valence-electron chi connectivity index (χ3n) is 23.4. The van der Waals surface area contributed by atoms with Gasteiger partial charge in [0.25, 0.3) is 0 Å². The lowest BCUT2D eigenvalue weighted by Crippen LogP contribution is -2.41. The van der Waals surface area contributed by atoms with Crippen molar-refractivity contribution in [3.05, 3.63) is 172 Å². The van der Waals surface area contributed by atoms with Crippen LogP contribution < -0.4 is 59.7 Å². The Kier molecular flexibility index (Phi) is 36.4. The lowest BCUT2D eigenvalue weighted by molar-refractivity contribution is -0.143. The molecule has 0 bridgehead atoms. The van der Waals surface area contributed by atoms with Crippen LogP contribution in [0.3, 0.4) is 0 Å². The molecule has 0 radical (unpaired) electrons. The smallest absolute Gasteiger partial charge is 0.459 e. The van der Waals surface area contributed by atoms with Crippen molar-refractivity contribution in [1.29, 1.82) is 0 Å². The van der Waals surface area contributed by atoms with Crippen molar-refractivity contribution in [2.24, 2.45) is 0 Å². The monoisotopic (exact) mass is 2150 g/mol. The first-order valence-electron chi connectivity index (χ1n) is 45.3. The molecule has 4 aromatic carbocycles. The Morgan fingerprint density at radius 2 is 0.514 bits per heavy atom. The van der Waals surface area contributed by atoms with Gasteiger partial charge in [-0.3, -0.25) is 55.5 Å². The fraction of sp³-hybridized carbons (Fsp3) is 0.455. The summed E-state index contributed by atoms with van der Waals surface area (Å²) in [5.41, 5.74) is -6.51. The maximum Gasteiger partial charge on any atom is 0.459 e. The molecule has 52 nitrogen and oxygen atoms in total. The predicted molar refractivity (Wildman–Crippen MR) is 518 cm³/mol. The Hall–Kier alpha value is -12.6. The summed E-state index contributed by atoms with van der Waals surface area (Å²) in [6.07, 6.45) is -6.58. The maximum absolute atomic E-state index is 15.8. The number of nitrogens with zero attached hydrogens (tertiary/aromatic N) is 16. The van der Waals surface area contributed by atoms with E-state index in [1.165, 1.54) is 153 Å². The third kappa shape index (κ3) is 25.4. The number of hydrogen-bond donors (Lipinski definition) is 12. The van der Waals surface area contributed by atoms with Crippen molar-refractivity contribution in [3.63, 3.8) is 0 Å². The number of anilines is 4. The number of aliphatic hydroxyl groups is 4. The van der Waals surface area contributed by atoms with Crippen LogP contribution in [0.2, 0.25) is 0 Å². The summed E-state index contributed by atoms with van der Waals surface area (Å²) in [6.45, 7) is 8.20. The third-order valence-corrected chi connectivity index (χ3v) is 30.0. The van der Waals surface area contributed by atoms with E-state index in [1.807, 2.05) is 0 Å². The number of carbonyl (C=O) groups is 4. The van der Waals surface area contributed by atoms with Crippen molar-refractivity contribution in [1.82, 2.24) is 98.4 Å². The normalized spacial score (nSPS) is 25.9. The van der Waals surface area contributed by atoms with Crippen LogP contribution in [0.4, 0.5) is 40.8 Å². The molecular formula is C88H112F4N24O28P4. The second kappa shape index (κ2) is 47.9. The SMILES string of the molecule is CNc1ncnc2c1ncn2[C@@H]1O[C@H](COP(=O)(N[C@@H](C)C(=O)OC)Oc2ccccc2)[C@@H](O)[C@@]1(C)F.CNc1ncnc2c1ncn2[C@@H]1O[C@H](COP(=O)(N[C@H](C)C(=O)OC)Oc2ccccc2)[C@@H](O)[C@@]1(C)F.CNc1ncnc2c1ncn2[C@@H]1O[C@H](CO[P@](=O)(N[C@@H](C)C(=O)OC)Oc2ccccc2)[C@@H](O)[C@@]1(C)F.CNc1ncnc2c1ncn2[C@@H]1O[C@H](CO[P@](=O)(N[C@H](C)C(=O)OC)Oc2ccccc2)[C@@H](O)[C@@]1(C)F. The first-order chi connectivity index (χ1) is 70.4. The van der Waals surface area contributed by atoms with Gasteiger partial charge in [0.15, 0.2) is 93.4 Å². The van der Waals surface area contributed by atoms with Gasteiger partial charge in [0, 0.05) is 28.2 Å². The van der Waals surface area contributed by atoms with E-state index in [0.717, 1.165) is 0 Å². The van der Waals surface area contributed by atoms with Gasteiger partial charge in [-0.05, 0) is 104 Å². The molecule has 4 fully saturated rings. The fourth-order valence-corrected chi connectivity index (χ4v) is 21.6. The largest absolute Gasteiger partial charge is 0.468 e. The highest BCUT2D eigenvalue weighted by molar-refractivity contribution is 7.53. The Morgan fingerprint density at radius 3 is 0.682 bits per heavy atom. The first kappa shape index (κ1) is 113. The molecule has 12 aromatic rings. The van der Waals surface area contributed by atoms with Crippen LogP contribution in [0.1, 0.15) is 80.3 Å². The van der Waals surface area contributed by atoms with Crippen molar-refractivity contribution in [2.75, 3.05) is 104 Å². The second-order valence-corrected chi connectivity index (χ2v) is 40.7. The summed E-state index contributed by atoms with van der Waals surface area (Å²) >= 11 is 0. The number of halogens is 4. The number of imidazole rings is 4. The standard InChI is InChI=1S/4C22H28FN6O7P/c4*1-13(20(31)33-4)28-37(32,36-14-8-6-5-7-9-14)34-10-15-17(30)22(2,23)21(35-15)29-12-27-16-18(24-3)25-11-26-19(16)29/h4*5-9,11-13,15,17,21,30H,10H2,1-4H3,(H,28,32)(H,24,25,26)/t13-,15+,17+,21+,22+,37?;13-,15+,17+,21+,22+,37+;13-,15-,17-,21-,22-,37?;13-,15-,17-,21-,22-,37-/m0011/s1. The minimum atomic E-state index is -4.23. The molecule has 12 N–H and O–H groups in total. The predicted octanol–water partition coefficient (Wildman–Crippen LogP) is 8.84. The summed E-state index contributed by atoms with van der Waals surface area (Å²) < 4.78 is 209. The van der Waals surface area contributed by atoms with E-state index in [2.05, 4.69) is 120 Å². The number of methoxy groups -OCH3 is 4. The molecule has 4 aliphatic rings. The van der Waals surface area contributed by atoms with Gasteiger partial charge in [0.05, 0.1) is 80.2 Å². The van der Waals surface area contributed by atoms with Crippen molar-refractivity contribution >= 4 is 123 Å². The van der Waals surface area contributed by atoms with Crippen LogP contribution in [0.15, 0.2) is 172 Å². The van der Waals surface area contributed by atoms with Crippen molar-refractivity contribution in [3.8, 4) is 23.0 Å². The van der Waals surface area contributed by atoms with E-state index in [1.54, 1.807) is 150 Å². The maximum atomic E-state index is 15.8. The minimum absolute atomic E-state index is 0.196. The number of carbonyl (C=O) groups excluding carboxylic acids is 4. The summed E-state index contributed by atoms with van der Waals surface area (Å²) in [6, 6.07) is 28.3. The van der Waals surface area contributed by atoms with Gasteiger partial charge in [-0.2, -0.15) is 20.3 Å². The fourth-order valence-electron chi connectivity index (χ4n) is 15.6. The van der Waals surface area contributed by atoms with Gasteiger partial charge < -0.3 is 97.7 Å². The highest BCUT2D eigenvalue weighted by atomic mass is 31.2. The Labute approximate surface area is 842 Å². The van der Waals surface area contributed by atoms with Gasteiger partial charge in [0.1, 0.15) is 143 Å². The molecule has 0 amide bonds. The zero-order valence-electron chi connectivity index (χ0n) is 82.3. The molecule has 16 rings (SSSR count). The number of aliphatic hydroxyl groups excluding tert-OH is 4. The van der Waals surface area contributed by atoms with Gasteiger partial charge in [-0.1, -0.05) is 72.8 Å². The van der Waals surface area contributed by atoms with Crippen LogP contribution in [0.25, 0.3) is 44.7 Å². The van der Waals surface area contributed by atoms with Gasteiger partial charge >= 0.3 is 54.9 Å². The highest BCUT2D eigenvalue weighted by Crippen LogP contribution is 2.54. The number of ether oxygens (including phenoxy) is 8. The molecule has 800 valence electrons. The number of fused-ring (bicyclic) bond motifs is 4. The number of alkyl halides is 4. The number of aromatic nitrogens is 16. The molecule has 4 saturated heterocycles. The molecule has 60 heteroatoms. The molecule has 24 atom stereocenters. The topological polar surface area (TPSA) is 636 Å². The van der Waals surface area contributed by atoms with Crippen LogP contribution in [0.5, 0.6) is 23.0 Å². The molecular weight excluding hydrogens is 2040 g/mol. The number of para-hydroxylation sites is 4. The first-order valence-corrected chi connectivity index (χ1v) is 51.4. The Bertz CT molecular complexity index is 5960. The number of rotatable bonds is 40. The van der Waals surface area contributed by atoms with E-state index in [4.69, 9.17) is 55.1 Å². The van der Waals surface area contributed by atoms with E-state index in [9.17, 15) is 57.9 Å². The van der Waals surface area contributed by atoms with Crippen molar-refractivity contribution < 1.29 is 150 Å². The van der Waals surface area contributed by atoms with Crippen LogP contribution in [-0.2, 0) is 93.4 Å². The number of esters is 4. The van der Waals surface area contributed by atoms with E-state index >= 15 is 17.6 Å². The van der Waals surface area contributed by atoms with Gasteiger partial charge in [-0.15, -0.1) is 0 Å². The van der Waals surface area contributed by atoms with Gasteiger partial charge in [0.2, 0.25) is 0 Å². The summed E-state index contributed by atoms with van der Waals surface area (Å²) in [5, 5.41) is 64.6. The number of hydrogen-bond acceptors (Lipinski definition) is 44. The van der Waals surface area contributed by atoms with E-state index < -0.39 is 202 Å². The highest BCUT2D eigenvalue weighted by Gasteiger charge is 2.61. The molecule has 2 unspecified atom stereocenters. The zero-order chi connectivity index (χ0) is 107. The van der Waals surface area contributed by atoms with Crippen LogP contribution in [-0.4, -0.2) is 301 Å². The Morgan fingerprint density at radius 1 is 0.331 bits per heavy atom. The van der Waals surface area contributed by atoms with Gasteiger partial charge in [-0.25, -0.2) is 95.6 Å². The zero-order valence-corrected chi connectivity index (χ0v) is 85.9.